The van der Waals surface area contributed by atoms with Gasteiger partial charge in [0.25, 0.3) is 0 Å². The topological polar surface area (TPSA) is 0 Å². The Hall–Kier alpha value is -2.03. The summed E-state index contributed by atoms with van der Waals surface area (Å²) in [7, 11) is 0. The highest BCUT2D eigenvalue weighted by molar-refractivity contribution is 5.67. The lowest BCUT2D eigenvalue weighted by atomic mass is 9.86. The highest BCUT2D eigenvalue weighted by Gasteiger charge is 2.20. The number of aryl methyl sites for hydroxylation is 1. The Balaban J connectivity index is 1.90. The van der Waals surface area contributed by atoms with Crippen LogP contribution in [0.2, 0.25) is 0 Å². The Morgan fingerprint density at radius 3 is 2.42 bits per heavy atom. The molecule has 0 spiro atoms. The molecule has 0 N–H and O–H groups in total. The van der Waals surface area contributed by atoms with E-state index in [-0.39, 0.29) is 11.1 Å². The van der Waals surface area contributed by atoms with E-state index in [0.29, 0.717) is 12.0 Å². The van der Waals surface area contributed by atoms with E-state index in [1.54, 1.807) is 19.1 Å². The molecule has 2 aromatic carbocycles. The van der Waals surface area contributed by atoms with Crippen LogP contribution < -0.4 is 0 Å². The lowest BCUT2D eigenvalue weighted by molar-refractivity contribution is 0.501. The molecule has 3 heteroatoms. The summed E-state index contributed by atoms with van der Waals surface area (Å²) >= 11 is 0. The predicted octanol–water partition coefficient (Wildman–Crippen LogP) is 6.94. The number of hydrogen-bond acceptors (Lipinski definition) is 0. The van der Waals surface area contributed by atoms with E-state index in [2.05, 4.69) is 13.0 Å². The molecule has 0 saturated heterocycles. The molecule has 0 heterocycles. The molecule has 1 aliphatic rings. The maximum absolute atomic E-state index is 14.7. The normalized spacial score (nSPS) is 13.5. The van der Waals surface area contributed by atoms with E-state index in [1.807, 2.05) is 0 Å². The molecule has 0 aliphatic heterocycles. The first-order valence-corrected chi connectivity index (χ1v) is 9.51. The van der Waals surface area contributed by atoms with Crippen LogP contribution >= 0.6 is 0 Å². The van der Waals surface area contributed by atoms with Gasteiger partial charge in [0.15, 0.2) is 11.6 Å². The van der Waals surface area contributed by atoms with Crippen LogP contribution in [0.1, 0.15) is 56.2 Å². The zero-order valence-corrected chi connectivity index (χ0v) is 15.5. The smallest absolute Gasteiger partial charge is 0.167 e. The fourth-order valence-electron chi connectivity index (χ4n) is 3.65. The molecule has 0 atom stereocenters. The molecule has 3 rings (SSSR count). The molecule has 0 unspecified atom stereocenters. The van der Waals surface area contributed by atoms with Gasteiger partial charge in [0, 0.05) is 11.1 Å². The molecule has 2 aromatic rings. The van der Waals surface area contributed by atoms with Crippen molar-refractivity contribution in [2.45, 2.75) is 58.8 Å². The summed E-state index contributed by atoms with van der Waals surface area (Å²) in [6.07, 6.45) is 8.68. The van der Waals surface area contributed by atoms with Crippen molar-refractivity contribution in [3.63, 3.8) is 0 Å². The first kappa shape index (κ1) is 18.8. The molecule has 26 heavy (non-hydrogen) atoms. The van der Waals surface area contributed by atoms with E-state index in [9.17, 15) is 13.2 Å². The van der Waals surface area contributed by atoms with Crippen LogP contribution in [0, 0.1) is 17.5 Å². The van der Waals surface area contributed by atoms with Gasteiger partial charge in [0.1, 0.15) is 5.82 Å². The van der Waals surface area contributed by atoms with E-state index in [1.165, 1.54) is 30.5 Å². The number of fused-ring (bicyclic) bond motifs is 1. The molecule has 1 aliphatic carbocycles. The average molecular weight is 358 g/mol. The third-order valence-electron chi connectivity index (χ3n) is 5.25. The molecule has 0 saturated carbocycles. The second-order valence-electron chi connectivity index (χ2n) is 7.05. The third-order valence-corrected chi connectivity index (χ3v) is 5.25. The maximum Gasteiger partial charge on any atom is 0.167 e. The molecule has 0 aromatic heterocycles. The van der Waals surface area contributed by atoms with Crippen molar-refractivity contribution in [3.05, 3.63) is 70.1 Å². The highest BCUT2D eigenvalue weighted by Crippen LogP contribution is 2.33. The van der Waals surface area contributed by atoms with Gasteiger partial charge in [0.2, 0.25) is 0 Å². The Morgan fingerprint density at radius 2 is 1.69 bits per heavy atom. The van der Waals surface area contributed by atoms with Crippen molar-refractivity contribution in [1.82, 2.24) is 0 Å². The monoisotopic (exact) mass is 358 g/mol. The van der Waals surface area contributed by atoms with E-state index in [4.69, 9.17) is 0 Å². The van der Waals surface area contributed by atoms with Crippen LogP contribution in [0.25, 0.3) is 11.1 Å². The van der Waals surface area contributed by atoms with E-state index in [0.717, 1.165) is 36.8 Å². The number of benzene rings is 2. The van der Waals surface area contributed by atoms with Crippen molar-refractivity contribution in [3.8, 4) is 11.1 Å². The summed E-state index contributed by atoms with van der Waals surface area (Å²) in [4.78, 5) is 0. The minimum Gasteiger partial charge on any atom is -0.206 e. The standard InChI is InChI=1S/C23H25F3/c1-3-5-6-7-15-8-9-17-13-20(21(24)14-18(17)12-15)19-11-10-16(4-2)22(25)23(19)26/h8,10-11,13-14H,3-7,9,12H2,1-2H3. The zero-order valence-electron chi connectivity index (χ0n) is 15.5. The summed E-state index contributed by atoms with van der Waals surface area (Å²) in [5.74, 6) is -2.32. The fourth-order valence-corrected chi connectivity index (χ4v) is 3.65. The first-order chi connectivity index (χ1) is 12.5. The van der Waals surface area contributed by atoms with Crippen LogP contribution in [0.3, 0.4) is 0 Å². The van der Waals surface area contributed by atoms with Gasteiger partial charge in [-0.1, -0.05) is 50.5 Å². The summed E-state index contributed by atoms with van der Waals surface area (Å²) in [5.41, 5.74) is 3.77. The van der Waals surface area contributed by atoms with Crippen LogP contribution in [0.4, 0.5) is 13.2 Å². The van der Waals surface area contributed by atoms with Gasteiger partial charge in [0.05, 0.1) is 0 Å². The van der Waals surface area contributed by atoms with Crippen molar-refractivity contribution in [2.75, 3.05) is 0 Å². The Labute approximate surface area is 153 Å². The summed E-state index contributed by atoms with van der Waals surface area (Å²) in [6, 6.07) is 6.21. The van der Waals surface area contributed by atoms with Crippen LogP contribution in [-0.2, 0) is 19.3 Å². The highest BCUT2D eigenvalue weighted by atomic mass is 19.2. The van der Waals surface area contributed by atoms with Gasteiger partial charge in [-0.3, -0.25) is 0 Å². The minimum absolute atomic E-state index is 0.00211. The van der Waals surface area contributed by atoms with Crippen LogP contribution in [-0.4, -0.2) is 0 Å². The summed E-state index contributed by atoms with van der Waals surface area (Å²) < 4.78 is 43.2. The van der Waals surface area contributed by atoms with E-state index < -0.39 is 17.5 Å². The number of hydrogen-bond donors (Lipinski definition) is 0. The zero-order chi connectivity index (χ0) is 18.7. The molecule has 0 nitrogen and oxygen atoms in total. The molecule has 0 amide bonds. The van der Waals surface area contributed by atoms with Crippen molar-refractivity contribution in [2.24, 2.45) is 0 Å². The van der Waals surface area contributed by atoms with Gasteiger partial charge in [-0.25, -0.2) is 13.2 Å². The molecular weight excluding hydrogens is 333 g/mol. The average Bonchev–Trinajstić information content (AvgIpc) is 2.64. The van der Waals surface area contributed by atoms with Crippen LogP contribution in [0.15, 0.2) is 35.9 Å². The summed E-state index contributed by atoms with van der Waals surface area (Å²) in [5, 5.41) is 0. The number of rotatable bonds is 6. The molecular formula is C23H25F3. The molecule has 138 valence electrons. The summed E-state index contributed by atoms with van der Waals surface area (Å²) in [6.45, 7) is 3.94. The van der Waals surface area contributed by atoms with Crippen molar-refractivity contribution in [1.29, 1.82) is 0 Å². The SMILES string of the molecule is CCCCCC1=CCc2cc(-c3ccc(CC)c(F)c3F)c(F)cc2C1. The lowest BCUT2D eigenvalue weighted by Crippen LogP contribution is -2.06. The lowest BCUT2D eigenvalue weighted by Gasteiger charge is -2.19. The fraction of sp³-hybridized carbons (Fsp3) is 0.391. The Morgan fingerprint density at radius 1 is 0.885 bits per heavy atom. The number of halogens is 3. The van der Waals surface area contributed by atoms with Gasteiger partial charge in [-0.05, 0) is 60.9 Å². The second-order valence-corrected chi connectivity index (χ2v) is 7.05. The van der Waals surface area contributed by atoms with Crippen LogP contribution in [0.5, 0.6) is 0 Å². The minimum atomic E-state index is -0.963. The molecule has 0 bridgehead atoms. The maximum atomic E-state index is 14.7. The van der Waals surface area contributed by atoms with Gasteiger partial charge >= 0.3 is 0 Å². The number of allylic oxidation sites excluding steroid dienone is 2. The van der Waals surface area contributed by atoms with Crippen molar-refractivity contribution >= 4 is 0 Å². The van der Waals surface area contributed by atoms with E-state index >= 15 is 0 Å². The Bertz CT molecular complexity index is 834. The largest absolute Gasteiger partial charge is 0.206 e. The van der Waals surface area contributed by atoms with Gasteiger partial charge < -0.3 is 0 Å². The molecule has 0 radical (unpaired) electrons. The Kier molecular flexibility index (Phi) is 5.85. The second kappa shape index (κ2) is 8.11. The number of unbranched alkanes of at least 4 members (excludes halogenated alkanes) is 2. The van der Waals surface area contributed by atoms with Gasteiger partial charge in [-0.2, -0.15) is 0 Å². The van der Waals surface area contributed by atoms with Crippen molar-refractivity contribution < 1.29 is 13.2 Å². The van der Waals surface area contributed by atoms with Gasteiger partial charge in [-0.15, -0.1) is 0 Å². The molecule has 0 fully saturated rings. The first-order valence-electron chi connectivity index (χ1n) is 9.51. The third kappa shape index (κ3) is 3.72. The predicted molar refractivity (Wildman–Crippen MR) is 101 cm³/mol. The quantitative estimate of drug-likeness (QED) is 0.387.